The highest BCUT2D eigenvalue weighted by molar-refractivity contribution is 5.80. The number of anilines is 2. The molecular weight excluding hydrogens is 321 g/mol. The summed E-state index contributed by atoms with van der Waals surface area (Å²) < 4.78 is 20.9. The summed E-state index contributed by atoms with van der Waals surface area (Å²) in [5, 5.41) is 3.07. The van der Waals surface area contributed by atoms with E-state index >= 15 is 0 Å². The fraction of sp³-hybridized carbons (Fsp3) is 0.222. The van der Waals surface area contributed by atoms with Gasteiger partial charge in [-0.2, -0.15) is 4.98 Å². The Morgan fingerprint density at radius 2 is 1.96 bits per heavy atom. The number of hydrogen-bond donors (Lipinski definition) is 1. The zero-order valence-corrected chi connectivity index (χ0v) is 14.2. The van der Waals surface area contributed by atoms with Gasteiger partial charge in [0.25, 0.3) is 0 Å². The first-order valence-electron chi connectivity index (χ1n) is 7.93. The maximum Gasteiger partial charge on any atom is 0.302 e. The summed E-state index contributed by atoms with van der Waals surface area (Å²) >= 11 is 0. The molecule has 128 valence electrons. The molecule has 2 aromatic heterocycles. The maximum absolute atomic E-state index is 13.4. The Balaban J connectivity index is 1.67. The Morgan fingerprint density at radius 1 is 1.12 bits per heavy atom. The molecule has 0 saturated heterocycles. The second kappa shape index (κ2) is 5.86. The van der Waals surface area contributed by atoms with Gasteiger partial charge in [0, 0.05) is 19.7 Å². The van der Waals surface area contributed by atoms with E-state index in [9.17, 15) is 4.39 Å². The summed E-state index contributed by atoms with van der Waals surface area (Å²) in [5.41, 5.74) is 4.06. The first-order valence-corrected chi connectivity index (χ1v) is 7.93. The van der Waals surface area contributed by atoms with Crippen LogP contribution >= 0.6 is 0 Å². The third kappa shape index (κ3) is 2.94. The van der Waals surface area contributed by atoms with E-state index in [1.807, 2.05) is 43.9 Å². The highest BCUT2D eigenvalue weighted by Gasteiger charge is 2.12. The summed E-state index contributed by atoms with van der Waals surface area (Å²) in [6.07, 6.45) is 0. The molecule has 0 amide bonds. The number of fused-ring (bicyclic) bond motifs is 2. The zero-order valence-electron chi connectivity index (χ0n) is 14.2. The van der Waals surface area contributed by atoms with Crippen molar-refractivity contribution in [2.24, 2.45) is 7.05 Å². The topological polar surface area (TPSA) is 59.1 Å². The highest BCUT2D eigenvalue weighted by Crippen LogP contribution is 2.25. The molecule has 0 bridgehead atoms. The van der Waals surface area contributed by atoms with Crippen LogP contribution in [0.25, 0.3) is 22.1 Å². The number of benzene rings is 2. The Bertz CT molecular complexity index is 1070. The molecule has 0 aliphatic heterocycles. The lowest BCUT2D eigenvalue weighted by molar-refractivity contribution is 0.402. The SMILES string of the molecule is CN(C)Cc1ccc2oc(Nc3nc4cc(F)ccc4n3C)nc2c1. The van der Waals surface area contributed by atoms with E-state index in [4.69, 9.17) is 4.42 Å². The van der Waals surface area contributed by atoms with Crippen LogP contribution < -0.4 is 5.32 Å². The van der Waals surface area contributed by atoms with Crippen molar-refractivity contribution in [1.82, 2.24) is 19.4 Å². The zero-order chi connectivity index (χ0) is 17.6. The van der Waals surface area contributed by atoms with Crippen LogP contribution in [-0.4, -0.2) is 33.5 Å². The standard InChI is InChI=1S/C18H18FN5O/c1-23(2)10-11-4-7-16-14(8-11)21-18(25-16)22-17-20-13-9-12(19)5-6-15(13)24(17)3/h4-9H,10H2,1-3H3,(H,20,21,22). The number of hydrogen-bond acceptors (Lipinski definition) is 5. The minimum atomic E-state index is -0.313. The minimum absolute atomic E-state index is 0.313. The Kier molecular flexibility index (Phi) is 3.65. The summed E-state index contributed by atoms with van der Waals surface area (Å²) in [5.74, 6) is 0.230. The molecule has 0 spiro atoms. The molecule has 7 heteroatoms. The van der Waals surface area contributed by atoms with E-state index in [-0.39, 0.29) is 5.82 Å². The Hall–Kier alpha value is -2.93. The molecule has 0 aliphatic carbocycles. The van der Waals surface area contributed by atoms with E-state index < -0.39 is 0 Å². The van der Waals surface area contributed by atoms with Crippen molar-refractivity contribution in [3.63, 3.8) is 0 Å². The van der Waals surface area contributed by atoms with Crippen molar-refractivity contribution in [1.29, 1.82) is 0 Å². The smallest absolute Gasteiger partial charge is 0.302 e. The largest absolute Gasteiger partial charge is 0.423 e. The Morgan fingerprint density at radius 3 is 2.76 bits per heavy atom. The second-order valence-electron chi connectivity index (χ2n) is 6.31. The van der Waals surface area contributed by atoms with Gasteiger partial charge in [-0.1, -0.05) is 6.07 Å². The van der Waals surface area contributed by atoms with Gasteiger partial charge in [-0.3, -0.25) is 5.32 Å². The first-order chi connectivity index (χ1) is 12.0. The van der Waals surface area contributed by atoms with Crippen molar-refractivity contribution in [3.8, 4) is 0 Å². The quantitative estimate of drug-likeness (QED) is 0.615. The molecule has 6 nitrogen and oxygen atoms in total. The molecular formula is C18H18FN5O. The van der Waals surface area contributed by atoms with Crippen molar-refractivity contribution >= 4 is 34.1 Å². The van der Waals surface area contributed by atoms with Gasteiger partial charge in [0.15, 0.2) is 5.58 Å². The first kappa shape index (κ1) is 15.6. The van der Waals surface area contributed by atoms with Crippen molar-refractivity contribution in [2.75, 3.05) is 19.4 Å². The molecule has 0 saturated carbocycles. The summed E-state index contributed by atoms with van der Waals surface area (Å²) in [4.78, 5) is 11.0. The molecule has 4 rings (SSSR count). The maximum atomic E-state index is 13.4. The average molecular weight is 339 g/mol. The van der Waals surface area contributed by atoms with Crippen LogP contribution in [0.5, 0.6) is 0 Å². The van der Waals surface area contributed by atoms with Gasteiger partial charge in [0.1, 0.15) is 11.3 Å². The van der Waals surface area contributed by atoms with E-state index in [0.717, 1.165) is 23.1 Å². The van der Waals surface area contributed by atoms with Gasteiger partial charge in [-0.15, -0.1) is 0 Å². The third-order valence-corrected chi connectivity index (χ3v) is 4.01. The lowest BCUT2D eigenvalue weighted by atomic mass is 10.2. The van der Waals surface area contributed by atoms with Crippen molar-refractivity contribution in [3.05, 3.63) is 47.8 Å². The fourth-order valence-corrected chi connectivity index (χ4v) is 2.87. The van der Waals surface area contributed by atoms with Crippen molar-refractivity contribution in [2.45, 2.75) is 6.54 Å². The number of oxazole rings is 1. The average Bonchev–Trinajstić information content (AvgIpc) is 3.07. The van der Waals surface area contributed by atoms with Crippen LogP contribution in [0.3, 0.4) is 0 Å². The molecule has 25 heavy (non-hydrogen) atoms. The molecule has 2 aromatic carbocycles. The summed E-state index contributed by atoms with van der Waals surface area (Å²) in [6, 6.07) is 10.8. The van der Waals surface area contributed by atoms with Gasteiger partial charge in [0.2, 0.25) is 5.95 Å². The van der Waals surface area contributed by atoms with Crippen LogP contribution in [-0.2, 0) is 13.6 Å². The number of halogens is 1. The number of rotatable bonds is 4. The van der Waals surface area contributed by atoms with E-state index in [2.05, 4.69) is 20.2 Å². The predicted molar refractivity (Wildman–Crippen MR) is 95.4 cm³/mol. The molecule has 0 atom stereocenters. The van der Waals surface area contributed by atoms with E-state index in [0.29, 0.717) is 23.1 Å². The molecule has 0 fully saturated rings. The molecule has 0 unspecified atom stereocenters. The van der Waals surface area contributed by atoms with Crippen LogP contribution in [0.1, 0.15) is 5.56 Å². The lowest BCUT2D eigenvalue weighted by Gasteiger charge is -2.08. The second-order valence-corrected chi connectivity index (χ2v) is 6.31. The number of nitrogens with one attached hydrogen (secondary N) is 1. The van der Waals surface area contributed by atoms with Gasteiger partial charge in [-0.25, -0.2) is 9.37 Å². The fourth-order valence-electron chi connectivity index (χ4n) is 2.87. The van der Waals surface area contributed by atoms with Crippen LogP contribution in [0.15, 0.2) is 40.8 Å². The number of nitrogens with zero attached hydrogens (tertiary/aromatic N) is 4. The van der Waals surface area contributed by atoms with Crippen LogP contribution in [0.2, 0.25) is 0 Å². The molecule has 0 aliphatic rings. The van der Waals surface area contributed by atoms with E-state index in [1.165, 1.54) is 12.1 Å². The van der Waals surface area contributed by atoms with E-state index in [1.54, 1.807) is 6.07 Å². The number of aromatic nitrogens is 3. The van der Waals surface area contributed by atoms with Gasteiger partial charge in [-0.05, 0) is 43.9 Å². The van der Waals surface area contributed by atoms with Gasteiger partial charge >= 0.3 is 6.01 Å². The Labute approximate surface area is 143 Å². The third-order valence-electron chi connectivity index (χ3n) is 4.01. The van der Waals surface area contributed by atoms with Gasteiger partial charge in [0.05, 0.1) is 11.0 Å². The molecule has 0 radical (unpaired) electrons. The van der Waals surface area contributed by atoms with Crippen LogP contribution in [0, 0.1) is 5.82 Å². The van der Waals surface area contributed by atoms with Gasteiger partial charge < -0.3 is 13.9 Å². The number of aryl methyl sites for hydroxylation is 1. The monoisotopic (exact) mass is 339 g/mol. The number of imidazole rings is 1. The molecule has 2 heterocycles. The molecule has 1 N–H and O–H groups in total. The summed E-state index contributed by atoms with van der Waals surface area (Å²) in [7, 11) is 5.90. The lowest BCUT2D eigenvalue weighted by Crippen LogP contribution is -2.10. The summed E-state index contributed by atoms with van der Waals surface area (Å²) in [6.45, 7) is 0.835. The molecule has 4 aromatic rings. The normalized spacial score (nSPS) is 11.7. The van der Waals surface area contributed by atoms with Crippen molar-refractivity contribution < 1.29 is 8.81 Å². The predicted octanol–water partition coefficient (Wildman–Crippen LogP) is 3.66. The highest BCUT2D eigenvalue weighted by atomic mass is 19.1. The van der Waals surface area contributed by atoms with Crippen LogP contribution in [0.4, 0.5) is 16.4 Å². The minimum Gasteiger partial charge on any atom is -0.423 e.